The van der Waals surface area contributed by atoms with Gasteiger partial charge in [-0.05, 0) is 29.3 Å². The maximum absolute atomic E-state index is 12.3. The lowest BCUT2D eigenvalue weighted by Crippen LogP contribution is -2.28. The van der Waals surface area contributed by atoms with Crippen LogP contribution in [-0.4, -0.2) is 26.8 Å². The molecule has 1 aromatic heterocycles. The highest BCUT2D eigenvalue weighted by molar-refractivity contribution is 7.99. The van der Waals surface area contributed by atoms with Gasteiger partial charge in [0, 0.05) is 5.56 Å². The van der Waals surface area contributed by atoms with Gasteiger partial charge in [0.1, 0.15) is 0 Å². The largest absolute Gasteiger partial charge is 0.349 e. The molecule has 1 unspecified atom stereocenters. The SMILES string of the molecule is CC(NC(=O)CSc1n[nH]c(-c2ccccc2)n1)c1ccc2ccccc2c1. The lowest BCUT2D eigenvalue weighted by atomic mass is 10.0. The summed E-state index contributed by atoms with van der Waals surface area (Å²) in [5.41, 5.74) is 2.05. The standard InChI is InChI=1S/C22H20N4OS/c1-15(18-12-11-16-7-5-6-10-19(16)13-18)23-20(27)14-28-22-24-21(25-26-22)17-8-3-2-4-9-17/h2-13,15H,14H2,1H3,(H,23,27)(H,24,25,26). The number of carbonyl (C=O) groups excluding carboxylic acids is 1. The highest BCUT2D eigenvalue weighted by Gasteiger charge is 2.12. The van der Waals surface area contributed by atoms with E-state index in [0.717, 1.165) is 11.1 Å². The lowest BCUT2D eigenvalue weighted by Gasteiger charge is -2.14. The molecule has 0 aliphatic heterocycles. The van der Waals surface area contributed by atoms with Crippen LogP contribution in [0.3, 0.4) is 0 Å². The third-order valence-corrected chi connectivity index (χ3v) is 5.34. The first-order valence-electron chi connectivity index (χ1n) is 9.08. The normalized spacial score (nSPS) is 12.0. The summed E-state index contributed by atoms with van der Waals surface area (Å²) in [7, 11) is 0. The molecule has 0 aliphatic rings. The van der Waals surface area contributed by atoms with Crippen LogP contribution in [0, 0.1) is 0 Å². The fourth-order valence-corrected chi connectivity index (χ4v) is 3.62. The summed E-state index contributed by atoms with van der Waals surface area (Å²) in [6, 6.07) is 24.2. The van der Waals surface area contributed by atoms with E-state index in [4.69, 9.17) is 0 Å². The quantitative estimate of drug-likeness (QED) is 0.474. The van der Waals surface area contributed by atoms with Crippen molar-refractivity contribution in [2.45, 2.75) is 18.1 Å². The van der Waals surface area contributed by atoms with Gasteiger partial charge in [-0.15, -0.1) is 5.10 Å². The number of aromatic nitrogens is 3. The van der Waals surface area contributed by atoms with Gasteiger partial charge in [-0.3, -0.25) is 9.89 Å². The average Bonchev–Trinajstić information content (AvgIpc) is 3.22. The molecule has 1 amide bonds. The Bertz CT molecular complexity index is 1090. The van der Waals surface area contributed by atoms with E-state index < -0.39 is 0 Å². The molecule has 140 valence electrons. The molecule has 0 aliphatic carbocycles. The Labute approximate surface area is 167 Å². The van der Waals surface area contributed by atoms with E-state index >= 15 is 0 Å². The van der Waals surface area contributed by atoms with Crippen LogP contribution in [0.25, 0.3) is 22.2 Å². The van der Waals surface area contributed by atoms with Gasteiger partial charge >= 0.3 is 0 Å². The molecule has 1 heterocycles. The van der Waals surface area contributed by atoms with Gasteiger partial charge < -0.3 is 5.32 Å². The second-order valence-corrected chi connectivity index (χ2v) is 7.46. The number of rotatable bonds is 6. The maximum Gasteiger partial charge on any atom is 0.230 e. The zero-order valence-electron chi connectivity index (χ0n) is 15.4. The van der Waals surface area contributed by atoms with Gasteiger partial charge in [-0.2, -0.15) is 0 Å². The summed E-state index contributed by atoms with van der Waals surface area (Å²) in [5, 5.41) is 13.1. The van der Waals surface area contributed by atoms with Crippen molar-refractivity contribution < 1.29 is 4.79 Å². The van der Waals surface area contributed by atoms with Crippen LogP contribution in [0.4, 0.5) is 0 Å². The van der Waals surface area contributed by atoms with Crippen molar-refractivity contribution in [1.82, 2.24) is 20.5 Å². The molecule has 28 heavy (non-hydrogen) atoms. The number of benzene rings is 3. The molecule has 4 rings (SSSR count). The summed E-state index contributed by atoms with van der Waals surface area (Å²) in [6.45, 7) is 1.99. The van der Waals surface area contributed by atoms with Crippen LogP contribution in [0.1, 0.15) is 18.5 Å². The number of nitrogens with zero attached hydrogens (tertiary/aromatic N) is 2. The van der Waals surface area contributed by atoms with E-state index in [9.17, 15) is 4.79 Å². The molecule has 0 bridgehead atoms. The summed E-state index contributed by atoms with van der Waals surface area (Å²) >= 11 is 1.32. The van der Waals surface area contributed by atoms with E-state index in [2.05, 4.69) is 50.8 Å². The minimum atomic E-state index is -0.0651. The number of fused-ring (bicyclic) bond motifs is 1. The zero-order valence-corrected chi connectivity index (χ0v) is 16.2. The van der Waals surface area contributed by atoms with Gasteiger partial charge in [-0.1, -0.05) is 78.5 Å². The van der Waals surface area contributed by atoms with E-state index in [0.29, 0.717) is 11.0 Å². The third-order valence-electron chi connectivity index (χ3n) is 4.50. The molecule has 0 saturated heterocycles. The Morgan fingerprint density at radius 2 is 1.79 bits per heavy atom. The number of H-pyrrole nitrogens is 1. The van der Waals surface area contributed by atoms with Gasteiger partial charge in [-0.25, -0.2) is 4.98 Å². The summed E-state index contributed by atoms with van der Waals surface area (Å²) < 4.78 is 0. The Hall–Kier alpha value is -3.12. The van der Waals surface area contributed by atoms with E-state index in [1.807, 2.05) is 49.4 Å². The topological polar surface area (TPSA) is 70.7 Å². The molecule has 4 aromatic rings. The third kappa shape index (κ3) is 4.23. The maximum atomic E-state index is 12.3. The van der Waals surface area contributed by atoms with Gasteiger partial charge in [0.15, 0.2) is 5.82 Å². The van der Waals surface area contributed by atoms with Gasteiger partial charge in [0.2, 0.25) is 11.1 Å². The van der Waals surface area contributed by atoms with Crippen molar-refractivity contribution in [3.05, 3.63) is 78.4 Å². The number of aromatic amines is 1. The van der Waals surface area contributed by atoms with E-state index in [1.165, 1.54) is 22.5 Å². The van der Waals surface area contributed by atoms with Crippen LogP contribution in [0.2, 0.25) is 0 Å². The summed E-state index contributed by atoms with van der Waals surface area (Å²) in [4.78, 5) is 16.8. The molecule has 0 fully saturated rings. The summed E-state index contributed by atoms with van der Waals surface area (Å²) in [5.74, 6) is 0.925. The second kappa shape index (κ2) is 8.27. The number of carbonyl (C=O) groups is 1. The van der Waals surface area contributed by atoms with Crippen molar-refractivity contribution >= 4 is 28.4 Å². The predicted octanol–water partition coefficient (Wildman–Crippen LogP) is 4.59. The monoisotopic (exact) mass is 388 g/mol. The molecule has 0 saturated carbocycles. The Balaban J connectivity index is 1.34. The molecule has 1 atom stereocenters. The van der Waals surface area contributed by atoms with Crippen molar-refractivity contribution in [2.24, 2.45) is 0 Å². The number of thioether (sulfide) groups is 1. The fourth-order valence-electron chi connectivity index (χ4n) is 3.01. The van der Waals surface area contributed by atoms with Gasteiger partial charge in [0.25, 0.3) is 0 Å². The first-order chi connectivity index (χ1) is 13.7. The number of hydrogen-bond acceptors (Lipinski definition) is 4. The van der Waals surface area contributed by atoms with Crippen LogP contribution in [0.15, 0.2) is 78.0 Å². The van der Waals surface area contributed by atoms with E-state index in [1.54, 1.807) is 0 Å². The van der Waals surface area contributed by atoms with Crippen molar-refractivity contribution in [1.29, 1.82) is 0 Å². The Morgan fingerprint density at radius 3 is 2.61 bits per heavy atom. The molecule has 3 aromatic carbocycles. The Morgan fingerprint density at radius 1 is 1.04 bits per heavy atom. The minimum absolute atomic E-state index is 0.0447. The van der Waals surface area contributed by atoms with Crippen molar-refractivity contribution in [2.75, 3.05) is 5.75 Å². The highest BCUT2D eigenvalue weighted by atomic mass is 32.2. The fraction of sp³-hybridized carbons (Fsp3) is 0.136. The number of nitrogens with one attached hydrogen (secondary N) is 2. The van der Waals surface area contributed by atoms with Crippen molar-refractivity contribution in [3.63, 3.8) is 0 Å². The molecule has 5 nitrogen and oxygen atoms in total. The molecular formula is C22H20N4OS. The lowest BCUT2D eigenvalue weighted by molar-refractivity contribution is -0.119. The average molecular weight is 388 g/mol. The number of hydrogen-bond donors (Lipinski definition) is 2. The Kier molecular flexibility index (Phi) is 5.39. The van der Waals surface area contributed by atoms with Crippen LogP contribution in [-0.2, 0) is 4.79 Å². The predicted molar refractivity (Wildman–Crippen MR) is 113 cm³/mol. The highest BCUT2D eigenvalue weighted by Crippen LogP contribution is 2.21. The molecule has 6 heteroatoms. The van der Waals surface area contributed by atoms with Crippen LogP contribution in [0.5, 0.6) is 0 Å². The van der Waals surface area contributed by atoms with Gasteiger partial charge in [0.05, 0.1) is 11.8 Å². The molecule has 2 N–H and O–H groups in total. The van der Waals surface area contributed by atoms with Crippen molar-refractivity contribution in [3.8, 4) is 11.4 Å². The molecular weight excluding hydrogens is 368 g/mol. The van der Waals surface area contributed by atoms with Crippen LogP contribution < -0.4 is 5.32 Å². The first-order valence-corrected chi connectivity index (χ1v) is 10.1. The smallest absolute Gasteiger partial charge is 0.230 e. The number of amides is 1. The zero-order chi connectivity index (χ0) is 19.3. The van der Waals surface area contributed by atoms with Crippen LogP contribution >= 0.6 is 11.8 Å². The minimum Gasteiger partial charge on any atom is -0.349 e. The summed E-state index contributed by atoms with van der Waals surface area (Å²) in [6.07, 6.45) is 0. The first kappa shape index (κ1) is 18.3. The van der Waals surface area contributed by atoms with E-state index in [-0.39, 0.29) is 17.7 Å². The molecule has 0 spiro atoms. The molecule has 0 radical (unpaired) electrons. The second-order valence-electron chi connectivity index (χ2n) is 6.52.